The van der Waals surface area contributed by atoms with E-state index in [4.69, 9.17) is 4.74 Å². The van der Waals surface area contributed by atoms with Crippen molar-refractivity contribution in [1.29, 1.82) is 0 Å². The summed E-state index contributed by atoms with van der Waals surface area (Å²) in [6.07, 6.45) is -0.873. The van der Waals surface area contributed by atoms with Crippen LogP contribution in [0.15, 0.2) is 24.3 Å². The molecule has 26 heavy (non-hydrogen) atoms. The van der Waals surface area contributed by atoms with Crippen LogP contribution in [0, 0.1) is 0 Å². The number of methoxy groups -OCH3 is 1. The maximum atomic E-state index is 10.9. The average Bonchev–Trinajstić information content (AvgIpc) is 3.16. The predicted molar refractivity (Wildman–Crippen MR) is 99.3 cm³/mol. The van der Waals surface area contributed by atoms with Crippen molar-refractivity contribution in [3.8, 4) is 5.88 Å². The Labute approximate surface area is 153 Å². The van der Waals surface area contributed by atoms with Crippen molar-refractivity contribution in [2.75, 3.05) is 45.2 Å². The molecule has 0 radical (unpaired) electrons. The zero-order valence-electron chi connectivity index (χ0n) is 15.3. The molecule has 7 heteroatoms. The largest absolute Gasteiger partial charge is 0.481 e. The summed E-state index contributed by atoms with van der Waals surface area (Å²) in [5.41, 5.74) is 3.81. The van der Waals surface area contributed by atoms with Gasteiger partial charge in [-0.25, -0.2) is 4.98 Å². The van der Waals surface area contributed by atoms with Crippen LogP contribution in [0.4, 0.5) is 5.69 Å². The number of benzene rings is 1. The quantitative estimate of drug-likeness (QED) is 0.845. The SMILES string of the molecule is COc1nc(C(O)c2cccc(N3CCN(C)CC3)c2)nc2c1CNC2. The minimum Gasteiger partial charge on any atom is -0.481 e. The Morgan fingerprint density at radius 1 is 1.15 bits per heavy atom. The minimum absolute atomic E-state index is 0.389. The van der Waals surface area contributed by atoms with Crippen LogP contribution in [0.3, 0.4) is 0 Å². The van der Waals surface area contributed by atoms with Crippen LogP contribution in [0.5, 0.6) is 5.88 Å². The lowest BCUT2D eigenvalue weighted by Crippen LogP contribution is -2.44. The van der Waals surface area contributed by atoms with Crippen molar-refractivity contribution in [2.24, 2.45) is 0 Å². The molecule has 2 N–H and O–H groups in total. The highest BCUT2D eigenvalue weighted by Crippen LogP contribution is 2.29. The molecule has 3 heterocycles. The monoisotopic (exact) mass is 355 g/mol. The molecule has 0 aliphatic carbocycles. The molecular formula is C19H25N5O2. The van der Waals surface area contributed by atoms with Crippen LogP contribution in [-0.2, 0) is 13.1 Å². The third-order valence-electron chi connectivity index (χ3n) is 5.16. The van der Waals surface area contributed by atoms with E-state index in [1.54, 1.807) is 7.11 Å². The maximum absolute atomic E-state index is 10.9. The molecule has 0 amide bonds. The van der Waals surface area contributed by atoms with Gasteiger partial charge < -0.3 is 25.0 Å². The first-order valence-electron chi connectivity index (χ1n) is 9.01. The standard InChI is InChI=1S/C19H25N5O2/c1-23-6-8-24(9-7-23)14-5-3-4-13(10-14)17(25)18-21-16-12-20-11-15(16)19(22-18)26-2/h3-5,10,17,20,25H,6-9,11-12H2,1-2H3. The summed E-state index contributed by atoms with van der Waals surface area (Å²) in [7, 11) is 3.75. The van der Waals surface area contributed by atoms with E-state index in [2.05, 4.69) is 38.2 Å². The number of piperazine rings is 1. The van der Waals surface area contributed by atoms with Crippen LogP contribution in [0.25, 0.3) is 0 Å². The topological polar surface area (TPSA) is 73.8 Å². The zero-order valence-corrected chi connectivity index (χ0v) is 15.3. The first-order chi connectivity index (χ1) is 12.7. The van der Waals surface area contributed by atoms with Crippen molar-refractivity contribution >= 4 is 5.69 Å². The van der Waals surface area contributed by atoms with Gasteiger partial charge in [-0.2, -0.15) is 4.98 Å². The van der Waals surface area contributed by atoms with Gasteiger partial charge in [-0.05, 0) is 24.7 Å². The Hall–Kier alpha value is -2.22. The summed E-state index contributed by atoms with van der Waals surface area (Å²) in [6, 6.07) is 8.04. The number of aromatic nitrogens is 2. The van der Waals surface area contributed by atoms with Gasteiger partial charge in [0.1, 0.15) is 6.10 Å². The zero-order chi connectivity index (χ0) is 18.1. The van der Waals surface area contributed by atoms with Gasteiger partial charge in [0.25, 0.3) is 0 Å². The van der Waals surface area contributed by atoms with Gasteiger partial charge in [-0.1, -0.05) is 12.1 Å². The fraction of sp³-hybridized carbons (Fsp3) is 0.474. The number of hydrogen-bond donors (Lipinski definition) is 2. The number of anilines is 1. The summed E-state index contributed by atoms with van der Waals surface area (Å²) >= 11 is 0. The molecule has 1 aromatic heterocycles. The molecule has 1 saturated heterocycles. The van der Waals surface area contributed by atoms with E-state index in [1.807, 2.05) is 18.2 Å². The van der Waals surface area contributed by atoms with Crippen LogP contribution in [0.2, 0.25) is 0 Å². The summed E-state index contributed by atoms with van der Waals surface area (Å²) in [4.78, 5) is 13.7. The van der Waals surface area contributed by atoms with Crippen molar-refractivity contribution < 1.29 is 9.84 Å². The molecule has 0 saturated carbocycles. The van der Waals surface area contributed by atoms with E-state index in [1.165, 1.54) is 0 Å². The van der Waals surface area contributed by atoms with Crippen LogP contribution >= 0.6 is 0 Å². The third-order valence-corrected chi connectivity index (χ3v) is 5.16. The molecular weight excluding hydrogens is 330 g/mol. The maximum Gasteiger partial charge on any atom is 0.221 e. The Balaban J connectivity index is 1.61. The Kier molecular flexibility index (Phi) is 4.76. The highest BCUT2D eigenvalue weighted by molar-refractivity contribution is 5.50. The molecule has 1 fully saturated rings. The van der Waals surface area contributed by atoms with Gasteiger partial charge in [-0.15, -0.1) is 0 Å². The van der Waals surface area contributed by atoms with Gasteiger partial charge in [0, 0.05) is 45.0 Å². The molecule has 7 nitrogen and oxygen atoms in total. The van der Waals surface area contributed by atoms with Gasteiger partial charge in [-0.3, -0.25) is 0 Å². The van der Waals surface area contributed by atoms with E-state index in [9.17, 15) is 5.11 Å². The summed E-state index contributed by atoms with van der Waals surface area (Å²) < 4.78 is 5.40. The average molecular weight is 355 g/mol. The number of rotatable bonds is 4. The highest BCUT2D eigenvalue weighted by Gasteiger charge is 2.24. The highest BCUT2D eigenvalue weighted by atomic mass is 16.5. The molecule has 138 valence electrons. The van der Waals surface area contributed by atoms with Crippen LogP contribution in [-0.4, -0.2) is 60.3 Å². The van der Waals surface area contributed by atoms with Crippen LogP contribution in [0.1, 0.15) is 28.7 Å². The van der Waals surface area contributed by atoms with E-state index in [0.717, 1.165) is 48.7 Å². The lowest BCUT2D eigenvalue weighted by atomic mass is 10.1. The molecule has 2 aliphatic rings. The number of ether oxygens (including phenoxy) is 1. The second-order valence-electron chi connectivity index (χ2n) is 6.91. The second-order valence-corrected chi connectivity index (χ2v) is 6.91. The predicted octanol–water partition coefficient (Wildman–Crippen LogP) is 0.922. The number of fused-ring (bicyclic) bond motifs is 1. The van der Waals surface area contributed by atoms with E-state index < -0.39 is 6.10 Å². The number of nitrogens with zero attached hydrogens (tertiary/aromatic N) is 4. The summed E-state index contributed by atoms with van der Waals surface area (Å²) in [5, 5.41) is 14.1. The van der Waals surface area contributed by atoms with Crippen LogP contribution < -0.4 is 15.0 Å². The van der Waals surface area contributed by atoms with Gasteiger partial charge >= 0.3 is 0 Å². The molecule has 0 bridgehead atoms. The number of aliphatic hydroxyl groups is 1. The van der Waals surface area contributed by atoms with Crippen molar-refractivity contribution in [2.45, 2.75) is 19.2 Å². The minimum atomic E-state index is -0.873. The summed E-state index contributed by atoms with van der Waals surface area (Å²) in [6.45, 7) is 5.45. The third kappa shape index (κ3) is 3.25. The molecule has 2 aliphatic heterocycles. The number of aliphatic hydroxyl groups excluding tert-OH is 1. The van der Waals surface area contributed by atoms with E-state index in [-0.39, 0.29) is 0 Å². The molecule has 1 aromatic carbocycles. The fourth-order valence-electron chi connectivity index (χ4n) is 3.55. The first kappa shape index (κ1) is 17.2. The fourth-order valence-corrected chi connectivity index (χ4v) is 3.55. The smallest absolute Gasteiger partial charge is 0.221 e. The molecule has 4 rings (SSSR count). The first-order valence-corrected chi connectivity index (χ1v) is 9.01. The van der Waals surface area contributed by atoms with Crippen molar-refractivity contribution in [3.63, 3.8) is 0 Å². The molecule has 1 unspecified atom stereocenters. The van der Waals surface area contributed by atoms with Crippen molar-refractivity contribution in [1.82, 2.24) is 20.2 Å². The number of likely N-dealkylation sites (N-methyl/N-ethyl adjacent to an activating group) is 1. The molecule has 2 aromatic rings. The van der Waals surface area contributed by atoms with E-state index >= 15 is 0 Å². The van der Waals surface area contributed by atoms with Gasteiger partial charge in [0.05, 0.1) is 18.4 Å². The van der Waals surface area contributed by atoms with E-state index in [0.29, 0.717) is 24.8 Å². The second kappa shape index (κ2) is 7.19. The lowest BCUT2D eigenvalue weighted by Gasteiger charge is -2.34. The summed E-state index contributed by atoms with van der Waals surface area (Å²) in [5.74, 6) is 0.934. The lowest BCUT2D eigenvalue weighted by molar-refractivity contribution is 0.207. The molecule has 1 atom stereocenters. The Morgan fingerprint density at radius 2 is 1.96 bits per heavy atom. The van der Waals surface area contributed by atoms with Gasteiger partial charge in [0.15, 0.2) is 5.82 Å². The Bertz CT molecular complexity index is 789. The van der Waals surface area contributed by atoms with Crippen molar-refractivity contribution in [3.05, 3.63) is 46.9 Å². The Morgan fingerprint density at radius 3 is 2.73 bits per heavy atom. The normalized spacial score (nSPS) is 18.7. The van der Waals surface area contributed by atoms with Gasteiger partial charge in [0.2, 0.25) is 5.88 Å². The number of hydrogen-bond acceptors (Lipinski definition) is 7. The molecule has 0 spiro atoms. The number of nitrogens with one attached hydrogen (secondary N) is 1.